The Morgan fingerprint density at radius 1 is 1.17 bits per heavy atom. The van der Waals surface area contributed by atoms with Crippen LogP contribution < -0.4 is 10.6 Å². The van der Waals surface area contributed by atoms with Crippen molar-refractivity contribution in [3.63, 3.8) is 0 Å². The fraction of sp³-hybridized carbons (Fsp3) is 0.476. The van der Waals surface area contributed by atoms with Crippen molar-refractivity contribution >= 4 is 17.5 Å². The van der Waals surface area contributed by atoms with Crippen LogP contribution in [0.4, 0.5) is 5.69 Å². The fourth-order valence-corrected chi connectivity index (χ4v) is 2.96. The quantitative estimate of drug-likeness (QED) is 0.562. The van der Waals surface area contributed by atoms with Crippen molar-refractivity contribution in [3.8, 4) is 5.69 Å². The van der Waals surface area contributed by atoms with Crippen LogP contribution in [0, 0.1) is 13.8 Å². The van der Waals surface area contributed by atoms with Gasteiger partial charge in [-0.2, -0.15) is 5.10 Å². The molecule has 0 aliphatic heterocycles. The number of aryl methyl sites for hydroxylation is 1. The Labute approximate surface area is 172 Å². The summed E-state index contributed by atoms with van der Waals surface area (Å²) in [5.41, 5.74) is 3.33. The first-order chi connectivity index (χ1) is 13.9. The van der Waals surface area contributed by atoms with E-state index in [0.29, 0.717) is 26.1 Å². The molecule has 29 heavy (non-hydrogen) atoms. The molecule has 0 unspecified atom stereocenters. The lowest BCUT2D eigenvalue weighted by Crippen LogP contribution is -2.37. The van der Waals surface area contributed by atoms with E-state index in [4.69, 9.17) is 4.74 Å². The lowest BCUT2D eigenvalue weighted by atomic mass is 10.2. The topological polar surface area (TPSA) is 88.5 Å². The zero-order valence-corrected chi connectivity index (χ0v) is 17.7. The number of rotatable bonds is 11. The number of hydrogen-bond acceptors (Lipinski definition) is 5. The number of methoxy groups -OCH3 is 1. The van der Waals surface area contributed by atoms with Gasteiger partial charge in [0.1, 0.15) is 0 Å². The average molecular weight is 402 g/mol. The summed E-state index contributed by atoms with van der Waals surface area (Å²) in [6.07, 6.45) is 1.08. The average Bonchev–Trinajstić information content (AvgIpc) is 2.98. The largest absolute Gasteiger partial charge is 0.385 e. The van der Waals surface area contributed by atoms with Crippen LogP contribution >= 0.6 is 0 Å². The summed E-state index contributed by atoms with van der Waals surface area (Å²) in [5, 5.41) is 10.3. The molecular weight excluding hydrogens is 370 g/mol. The van der Waals surface area contributed by atoms with Gasteiger partial charge in [0.25, 0.3) is 0 Å². The number of likely N-dealkylation sites (N-methyl/N-ethyl adjacent to an activating group) is 1. The van der Waals surface area contributed by atoms with E-state index in [-0.39, 0.29) is 18.4 Å². The number of nitrogens with one attached hydrogen (secondary N) is 2. The van der Waals surface area contributed by atoms with Gasteiger partial charge in [-0.15, -0.1) is 0 Å². The monoisotopic (exact) mass is 401 g/mol. The van der Waals surface area contributed by atoms with Crippen LogP contribution in [-0.4, -0.2) is 66.9 Å². The highest BCUT2D eigenvalue weighted by molar-refractivity contribution is 5.92. The smallest absolute Gasteiger partial charge is 0.234 e. The molecule has 1 aromatic heterocycles. The van der Waals surface area contributed by atoms with E-state index < -0.39 is 0 Å². The molecule has 0 aliphatic rings. The highest BCUT2D eigenvalue weighted by Gasteiger charge is 2.16. The van der Waals surface area contributed by atoms with E-state index in [2.05, 4.69) is 15.7 Å². The molecule has 0 fully saturated rings. The van der Waals surface area contributed by atoms with E-state index in [1.807, 2.05) is 60.8 Å². The van der Waals surface area contributed by atoms with Crippen LogP contribution in [0.2, 0.25) is 0 Å². The molecule has 158 valence electrons. The summed E-state index contributed by atoms with van der Waals surface area (Å²) in [6.45, 7) is 5.76. The third-order valence-corrected chi connectivity index (χ3v) is 4.54. The summed E-state index contributed by atoms with van der Waals surface area (Å²) < 4.78 is 6.77. The number of para-hydroxylation sites is 1. The molecule has 1 heterocycles. The predicted octanol–water partition coefficient (Wildman–Crippen LogP) is 1.90. The van der Waals surface area contributed by atoms with Gasteiger partial charge in [0, 0.05) is 33.2 Å². The second-order valence-corrected chi connectivity index (χ2v) is 7.03. The summed E-state index contributed by atoms with van der Waals surface area (Å²) in [4.78, 5) is 26.1. The normalized spacial score (nSPS) is 10.9. The zero-order valence-electron chi connectivity index (χ0n) is 17.7. The number of nitrogens with zero attached hydrogens (tertiary/aromatic N) is 3. The van der Waals surface area contributed by atoms with Gasteiger partial charge in [-0.3, -0.25) is 14.5 Å². The maximum Gasteiger partial charge on any atom is 0.234 e. The van der Waals surface area contributed by atoms with Crippen molar-refractivity contribution in [2.75, 3.05) is 45.7 Å². The molecule has 0 saturated carbocycles. The molecule has 1 aromatic carbocycles. The van der Waals surface area contributed by atoms with Crippen LogP contribution in [0.1, 0.15) is 24.2 Å². The van der Waals surface area contributed by atoms with Gasteiger partial charge in [-0.25, -0.2) is 4.68 Å². The molecule has 8 nitrogen and oxygen atoms in total. The molecule has 2 amide bonds. The number of carbonyl (C=O) groups is 2. The predicted molar refractivity (Wildman–Crippen MR) is 113 cm³/mol. The van der Waals surface area contributed by atoms with Gasteiger partial charge in [-0.05, 0) is 39.4 Å². The second-order valence-electron chi connectivity index (χ2n) is 7.03. The lowest BCUT2D eigenvalue weighted by molar-refractivity contribution is -0.122. The lowest BCUT2D eigenvalue weighted by Gasteiger charge is -2.16. The number of hydrogen-bond donors (Lipinski definition) is 2. The Balaban J connectivity index is 1.82. The number of anilines is 1. The number of amides is 2. The van der Waals surface area contributed by atoms with Crippen molar-refractivity contribution in [2.45, 2.75) is 26.7 Å². The molecule has 2 rings (SSSR count). The minimum absolute atomic E-state index is 0.0557. The van der Waals surface area contributed by atoms with Crippen molar-refractivity contribution in [1.29, 1.82) is 0 Å². The fourth-order valence-electron chi connectivity index (χ4n) is 2.96. The molecule has 0 aliphatic carbocycles. The first-order valence-electron chi connectivity index (χ1n) is 9.78. The molecule has 0 saturated heterocycles. The Hall–Kier alpha value is -2.71. The van der Waals surface area contributed by atoms with Crippen LogP contribution in [0.15, 0.2) is 30.3 Å². The molecule has 0 spiro atoms. The van der Waals surface area contributed by atoms with Gasteiger partial charge in [0.05, 0.1) is 29.3 Å². The summed E-state index contributed by atoms with van der Waals surface area (Å²) in [6, 6.07) is 9.80. The van der Waals surface area contributed by atoms with Gasteiger partial charge >= 0.3 is 0 Å². The maximum absolute atomic E-state index is 12.4. The number of ether oxygens (including phenoxy) is 1. The Morgan fingerprint density at radius 3 is 2.59 bits per heavy atom. The number of aromatic nitrogens is 2. The Bertz CT molecular complexity index is 804. The van der Waals surface area contributed by atoms with Crippen molar-refractivity contribution in [2.24, 2.45) is 0 Å². The van der Waals surface area contributed by atoms with E-state index in [1.54, 1.807) is 7.11 Å². The Morgan fingerprint density at radius 2 is 1.90 bits per heavy atom. The SMILES string of the molecule is COCCCNC(=O)CN(C)CCC(=O)Nc1c(C)nn(-c2ccccc2)c1C. The van der Waals surface area contributed by atoms with Crippen LogP contribution in [0.3, 0.4) is 0 Å². The van der Waals surface area contributed by atoms with Crippen molar-refractivity contribution in [1.82, 2.24) is 20.0 Å². The summed E-state index contributed by atoms with van der Waals surface area (Å²) >= 11 is 0. The Kier molecular flexibility index (Phi) is 8.82. The number of carbonyl (C=O) groups excluding carboxylic acids is 2. The van der Waals surface area contributed by atoms with Crippen molar-refractivity contribution < 1.29 is 14.3 Å². The van der Waals surface area contributed by atoms with E-state index in [1.165, 1.54) is 0 Å². The van der Waals surface area contributed by atoms with Gasteiger partial charge < -0.3 is 15.4 Å². The molecule has 0 bridgehead atoms. The van der Waals surface area contributed by atoms with E-state index >= 15 is 0 Å². The maximum atomic E-state index is 12.4. The van der Waals surface area contributed by atoms with Gasteiger partial charge in [0.15, 0.2) is 0 Å². The molecule has 2 N–H and O–H groups in total. The minimum Gasteiger partial charge on any atom is -0.385 e. The van der Waals surface area contributed by atoms with Crippen LogP contribution in [0.25, 0.3) is 5.69 Å². The summed E-state index contributed by atoms with van der Waals surface area (Å²) in [7, 11) is 3.46. The van der Waals surface area contributed by atoms with Crippen molar-refractivity contribution in [3.05, 3.63) is 41.7 Å². The third kappa shape index (κ3) is 6.99. The van der Waals surface area contributed by atoms with E-state index in [0.717, 1.165) is 29.2 Å². The number of benzene rings is 1. The zero-order chi connectivity index (χ0) is 21.2. The molecule has 2 aromatic rings. The third-order valence-electron chi connectivity index (χ3n) is 4.54. The van der Waals surface area contributed by atoms with Gasteiger partial charge in [-0.1, -0.05) is 18.2 Å². The molecule has 8 heteroatoms. The minimum atomic E-state index is -0.101. The van der Waals surface area contributed by atoms with Crippen LogP contribution in [0.5, 0.6) is 0 Å². The van der Waals surface area contributed by atoms with Gasteiger partial charge in [0.2, 0.25) is 11.8 Å². The van der Waals surface area contributed by atoms with Crippen LogP contribution in [-0.2, 0) is 14.3 Å². The first kappa shape index (κ1) is 22.6. The highest BCUT2D eigenvalue weighted by atomic mass is 16.5. The van der Waals surface area contributed by atoms with E-state index in [9.17, 15) is 9.59 Å². The molecule has 0 radical (unpaired) electrons. The highest BCUT2D eigenvalue weighted by Crippen LogP contribution is 2.22. The molecular formula is C21H31N5O3. The first-order valence-corrected chi connectivity index (χ1v) is 9.78. The standard InChI is InChI=1S/C21H31N5O3/c1-16-21(17(2)26(24-16)18-9-6-5-7-10-18)23-19(27)11-13-25(3)15-20(28)22-12-8-14-29-4/h5-7,9-10H,8,11-15H2,1-4H3,(H,22,28)(H,23,27). The summed E-state index contributed by atoms with van der Waals surface area (Å²) in [5.74, 6) is -0.156. The second kappa shape index (κ2) is 11.3. The molecule has 0 atom stereocenters.